The van der Waals surface area contributed by atoms with Crippen LogP contribution in [0.15, 0.2) is 41.5 Å². The number of hydrogen-bond acceptors (Lipinski definition) is 0. The Labute approximate surface area is 227 Å². The Bertz CT molecular complexity index is 703. The molecule has 0 saturated heterocycles. The van der Waals surface area contributed by atoms with Gasteiger partial charge in [-0.05, 0) is 64.2 Å². The molecular weight excluding hydrogens is 563 g/mol. The molecule has 0 heterocycles. The van der Waals surface area contributed by atoms with Gasteiger partial charge >= 0.3 is 25.8 Å². The van der Waals surface area contributed by atoms with E-state index >= 15 is 0 Å². The van der Waals surface area contributed by atoms with Crippen molar-refractivity contribution in [3.63, 3.8) is 0 Å². The van der Waals surface area contributed by atoms with E-state index in [9.17, 15) is 0 Å². The molecule has 0 N–H and O–H groups in total. The number of allylic oxidation sites excluding steroid dienone is 8. The van der Waals surface area contributed by atoms with Crippen molar-refractivity contribution in [3.05, 3.63) is 69.9 Å². The fourth-order valence-electron chi connectivity index (χ4n) is 6.90. The fraction of sp³-hybridized carbons (Fsp3) is 0.656. The summed E-state index contributed by atoms with van der Waals surface area (Å²) in [5, 5.41) is 0. The summed E-state index contributed by atoms with van der Waals surface area (Å²) in [6.07, 6.45) is 22.5. The second-order valence-corrected chi connectivity index (χ2v) is 13.0. The Hall–Kier alpha value is -0.170. The van der Waals surface area contributed by atoms with E-state index in [2.05, 4.69) is 91.8 Å². The monoisotopic (exact) mass is 616 g/mol. The van der Waals surface area contributed by atoms with Gasteiger partial charge < -0.3 is 22.3 Å². The average Bonchev–Trinajstić information content (AvgIpc) is 3.26. The van der Waals surface area contributed by atoms with Gasteiger partial charge in [-0.25, -0.2) is 11.6 Å². The molecule has 0 bridgehead atoms. The van der Waals surface area contributed by atoms with E-state index in [0.717, 1.165) is 5.92 Å². The molecule has 0 aromatic rings. The first-order valence-corrected chi connectivity index (χ1v) is 12.1. The van der Waals surface area contributed by atoms with Crippen LogP contribution >= 0.6 is 0 Å². The van der Waals surface area contributed by atoms with Crippen LogP contribution in [0.1, 0.15) is 81.1 Å². The SMILES string of the molecule is CC(C)(C)C1=[C-]C2C(C=C1)C1C=CC(C(C)(C)C)=CC1C2C(C)(C)C1CCCC1.[CH3-].[CH3-].[CH3-].[Hf+4]. The van der Waals surface area contributed by atoms with E-state index in [1.807, 2.05) is 0 Å². The average molecular weight is 615 g/mol. The summed E-state index contributed by atoms with van der Waals surface area (Å²) >= 11 is 0. The minimum atomic E-state index is 0. The molecule has 0 amide bonds. The zero-order chi connectivity index (χ0) is 21.2. The van der Waals surface area contributed by atoms with Crippen molar-refractivity contribution in [2.75, 3.05) is 0 Å². The summed E-state index contributed by atoms with van der Waals surface area (Å²) in [4.78, 5) is 0. The Kier molecular flexibility index (Phi) is 11.2. The molecule has 184 valence electrons. The van der Waals surface area contributed by atoms with Crippen molar-refractivity contribution in [2.45, 2.75) is 81.1 Å². The Morgan fingerprint density at radius 1 is 0.727 bits per heavy atom. The predicted molar refractivity (Wildman–Crippen MR) is 144 cm³/mol. The zero-order valence-electron chi connectivity index (χ0n) is 23.7. The van der Waals surface area contributed by atoms with Gasteiger partial charge in [0.2, 0.25) is 0 Å². The van der Waals surface area contributed by atoms with Crippen LogP contribution in [0.4, 0.5) is 0 Å². The topological polar surface area (TPSA) is 0 Å². The Morgan fingerprint density at radius 3 is 1.79 bits per heavy atom. The van der Waals surface area contributed by atoms with Crippen LogP contribution in [-0.4, -0.2) is 0 Å². The van der Waals surface area contributed by atoms with Gasteiger partial charge in [-0.3, -0.25) is 6.08 Å². The maximum Gasteiger partial charge on any atom is 4.00 e. The van der Waals surface area contributed by atoms with Gasteiger partial charge in [0.25, 0.3) is 0 Å². The molecule has 0 aromatic heterocycles. The van der Waals surface area contributed by atoms with E-state index in [1.54, 1.807) is 0 Å². The van der Waals surface area contributed by atoms with Gasteiger partial charge in [0.05, 0.1) is 0 Å². The normalized spacial score (nSPS) is 31.1. The first kappa shape index (κ1) is 32.8. The third-order valence-corrected chi connectivity index (χ3v) is 8.72. The van der Waals surface area contributed by atoms with Gasteiger partial charge in [0, 0.05) is 0 Å². The van der Waals surface area contributed by atoms with Gasteiger partial charge in [0.1, 0.15) is 0 Å². The summed E-state index contributed by atoms with van der Waals surface area (Å²) in [7, 11) is 0. The summed E-state index contributed by atoms with van der Waals surface area (Å²) in [5.74, 6) is 4.02. The van der Waals surface area contributed by atoms with Crippen LogP contribution in [0.3, 0.4) is 0 Å². The quantitative estimate of drug-likeness (QED) is 0.215. The van der Waals surface area contributed by atoms with Crippen LogP contribution in [-0.2, 0) is 25.8 Å². The molecule has 2 saturated carbocycles. The Balaban J connectivity index is 0.00000256. The van der Waals surface area contributed by atoms with Gasteiger partial charge in [-0.2, -0.15) is 6.08 Å². The maximum absolute atomic E-state index is 4.11. The van der Waals surface area contributed by atoms with Crippen LogP contribution < -0.4 is 0 Å². The molecule has 0 radical (unpaired) electrons. The molecule has 4 aliphatic carbocycles. The van der Waals surface area contributed by atoms with Gasteiger partial charge in [-0.15, -0.1) is 0 Å². The molecular formula is C32H52Hf. The van der Waals surface area contributed by atoms with Crippen molar-refractivity contribution >= 4 is 0 Å². The van der Waals surface area contributed by atoms with E-state index < -0.39 is 0 Å². The van der Waals surface area contributed by atoms with E-state index in [4.69, 9.17) is 0 Å². The second-order valence-electron chi connectivity index (χ2n) is 13.0. The molecule has 4 aliphatic rings. The molecule has 1 heteroatoms. The van der Waals surface area contributed by atoms with Gasteiger partial charge in [-0.1, -0.05) is 92.4 Å². The van der Waals surface area contributed by atoms with E-state index in [1.165, 1.54) is 36.8 Å². The van der Waals surface area contributed by atoms with Crippen molar-refractivity contribution in [1.82, 2.24) is 0 Å². The zero-order valence-corrected chi connectivity index (χ0v) is 27.3. The first-order chi connectivity index (χ1) is 13.4. The third kappa shape index (κ3) is 5.98. The predicted octanol–water partition coefficient (Wildman–Crippen LogP) is 9.53. The molecule has 2 fully saturated rings. The summed E-state index contributed by atoms with van der Waals surface area (Å²) in [5.41, 5.74) is 3.73. The van der Waals surface area contributed by atoms with E-state index in [-0.39, 0.29) is 59.0 Å². The molecule has 5 atom stereocenters. The number of rotatable bonds is 2. The summed E-state index contributed by atoms with van der Waals surface area (Å²) < 4.78 is 0. The van der Waals surface area contributed by atoms with Crippen LogP contribution in [0.5, 0.6) is 0 Å². The van der Waals surface area contributed by atoms with Crippen molar-refractivity contribution in [3.8, 4) is 0 Å². The maximum atomic E-state index is 4.11. The van der Waals surface area contributed by atoms with Crippen molar-refractivity contribution in [1.29, 1.82) is 0 Å². The second kappa shape index (κ2) is 11.3. The number of hydrogen-bond donors (Lipinski definition) is 0. The molecule has 5 unspecified atom stereocenters. The largest absolute Gasteiger partial charge is 4.00 e. The van der Waals surface area contributed by atoms with Crippen LogP contribution in [0, 0.1) is 80.1 Å². The van der Waals surface area contributed by atoms with Crippen LogP contribution in [0.25, 0.3) is 0 Å². The molecule has 0 aromatic carbocycles. The molecule has 4 rings (SSSR count). The Morgan fingerprint density at radius 2 is 1.27 bits per heavy atom. The molecule has 0 nitrogen and oxygen atoms in total. The minimum Gasteiger partial charge on any atom is -0.358 e. The number of fused-ring (bicyclic) bond motifs is 3. The van der Waals surface area contributed by atoms with E-state index in [0.29, 0.717) is 35.0 Å². The minimum absolute atomic E-state index is 0. The van der Waals surface area contributed by atoms with Crippen molar-refractivity contribution < 1.29 is 25.8 Å². The molecule has 33 heavy (non-hydrogen) atoms. The smallest absolute Gasteiger partial charge is 0.358 e. The summed E-state index contributed by atoms with van der Waals surface area (Å²) in [6, 6.07) is 0. The van der Waals surface area contributed by atoms with Gasteiger partial charge in [0.15, 0.2) is 0 Å². The molecule has 0 aliphatic heterocycles. The van der Waals surface area contributed by atoms with Crippen LogP contribution in [0.2, 0.25) is 0 Å². The molecule has 0 spiro atoms. The van der Waals surface area contributed by atoms with Crippen molar-refractivity contribution in [2.24, 2.45) is 51.8 Å². The summed E-state index contributed by atoms with van der Waals surface area (Å²) in [6.45, 7) is 19.3. The first-order valence-electron chi connectivity index (χ1n) is 12.1. The third-order valence-electron chi connectivity index (χ3n) is 8.72. The standard InChI is InChI=1S/C29H43.3CH3.Hf/c1-27(2,3)20-13-15-22-23-16-14-21(28(4,5)6)18-25(23)26(24(22)17-20)29(7,8)19-11-9-10-12-19;;;;/h13-17,19,22-26H,9-12H2,1-8H3;3*1H3;/q4*-1;+4. The fourth-order valence-corrected chi connectivity index (χ4v) is 6.90.